The van der Waals surface area contributed by atoms with Gasteiger partial charge in [0.25, 0.3) is 0 Å². The van der Waals surface area contributed by atoms with E-state index >= 15 is 0 Å². The summed E-state index contributed by atoms with van der Waals surface area (Å²) in [5.74, 6) is -0.0338. The first-order chi connectivity index (χ1) is 16.9. The quantitative estimate of drug-likeness (QED) is 0.437. The lowest BCUT2D eigenvalue weighted by Crippen LogP contribution is -2.33. The van der Waals surface area contributed by atoms with Crippen LogP contribution in [0.3, 0.4) is 0 Å². The predicted octanol–water partition coefficient (Wildman–Crippen LogP) is 5.41. The number of carboxylic acids is 1. The zero-order valence-electron chi connectivity index (χ0n) is 20.7. The number of hydrogen-bond donors (Lipinski definition) is 1. The third kappa shape index (κ3) is 5.28. The summed E-state index contributed by atoms with van der Waals surface area (Å²) in [6, 6.07) is 11.7. The lowest BCUT2D eigenvalue weighted by molar-refractivity contribution is -0.137. The topological polar surface area (TPSA) is 102 Å². The van der Waals surface area contributed by atoms with E-state index in [0.717, 1.165) is 17.7 Å². The van der Waals surface area contributed by atoms with Crippen LogP contribution in [0.4, 0.5) is 0 Å². The van der Waals surface area contributed by atoms with Crippen molar-refractivity contribution in [3.05, 3.63) is 70.5 Å². The van der Waals surface area contributed by atoms with E-state index < -0.39 is 22.0 Å². The maximum Gasteiger partial charge on any atom is 0.325 e. The van der Waals surface area contributed by atoms with E-state index in [0.29, 0.717) is 24.3 Å². The van der Waals surface area contributed by atoms with Crippen LogP contribution < -0.4 is 4.74 Å². The van der Waals surface area contributed by atoms with Gasteiger partial charge in [0.2, 0.25) is 10.0 Å². The Balaban J connectivity index is 1.55. The molecule has 1 N–H and O–H groups in total. The highest BCUT2D eigenvalue weighted by Crippen LogP contribution is 2.38. The van der Waals surface area contributed by atoms with Gasteiger partial charge in [-0.3, -0.25) is 9.48 Å². The lowest BCUT2D eigenvalue weighted by Gasteiger charge is -2.31. The number of rotatable bonds is 7. The minimum atomic E-state index is -3.89. The SMILES string of the molecule is CN([C@@H]1CCCc2c1cnn2CC(=O)O)S(=O)(=O)c1ccc(Oc2ccc(C(C)(C)C)cc2)c(Cl)c1. The van der Waals surface area contributed by atoms with E-state index in [4.69, 9.17) is 21.4 Å². The van der Waals surface area contributed by atoms with Gasteiger partial charge in [-0.2, -0.15) is 9.40 Å². The van der Waals surface area contributed by atoms with Crippen molar-refractivity contribution in [1.29, 1.82) is 0 Å². The van der Waals surface area contributed by atoms with E-state index in [9.17, 15) is 13.2 Å². The highest BCUT2D eigenvalue weighted by Gasteiger charge is 2.34. The van der Waals surface area contributed by atoms with Gasteiger partial charge < -0.3 is 9.84 Å². The molecule has 0 unspecified atom stereocenters. The number of aliphatic carboxylic acids is 1. The molecule has 0 amide bonds. The summed E-state index contributed by atoms with van der Waals surface area (Å²) in [4.78, 5) is 11.2. The highest BCUT2D eigenvalue weighted by molar-refractivity contribution is 7.89. The number of nitrogens with zero attached hydrogens (tertiary/aromatic N) is 3. The summed E-state index contributed by atoms with van der Waals surface area (Å²) in [6.07, 6.45) is 3.57. The second-order valence-electron chi connectivity index (χ2n) is 10.00. The summed E-state index contributed by atoms with van der Waals surface area (Å²) >= 11 is 6.44. The van der Waals surface area contributed by atoms with Crippen molar-refractivity contribution in [1.82, 2.24) is 14.1 Å². The molecule has 1 aromatic heterocycles. The van der Waals surface area contributed by atoms with Crippen molar-refractivity contribution in [3.8, 4) is 11.5 Å². The van der Waals surface area contributed by atoms with Gasteiger partial charge in [-0.05, 0) is 60.6 Å². The van der Waals surface area contributed by atoms with Crippen LogP contribution in [0.25, 0.3) is 0 Å². The van der Waals surface area contributed by atoms with Gasteiger partial charge >= 0.3 is 5.97 Å². The fourth-order valence-electron chi connectivity index (χ4n) is 4.45. The number of aromatic nitrogens is 2. The smallest absolute Gasteiger partial charge is 0.325 e. The standard InChI is InChI=1S/C26H30ClN3O5S/c1-26(2,3)17-8-10-18(11-9-17)35-24-13-12-19(14-21(24)27)36(33,34)29(4)22-6-5-7-23-20(22)15-28-30(23)16-25(31)32/h8-15,22H,5-7,16H2,1-4H3,(H,31,32)/t22-/m1/s1. The minimum Gasteiger partial charge on any atom is -0.480 e. The summed E-state index contributed by atoms with van der Waals surface area (Å²) in [5.41, 5.74) is 2.68. The minimum absolute atomic E-state index is 0.0201. The number of carbonyl (C=O) groups is 1. The maximum atomic E-state index is 13.5. The Bertz CT molecular complexity index is 1380. The number of hydrogen-bond acceptors (Lipinski definition) is 5. The highest BCUT2D eigenvalue weighted by atomic mass is 35.5. The molecular weight excluding hydrogens is 502 g/mol. The van der Waals surface area contributed by atoms with Crippen LogP contribution in [-0.2, 0) is 33.2 Å². The molecule has 3 aromatic rings. The zero-order chi connectivity index (χ0) is 26.3. The summed E-state index contributed by atoms with van der Waals surface area (Å²) in [5, 5.41) is 13.5. The van der Waals surface area contributed by atoms with Crippen LogP contribution in [0.2, 0.25) is 5.02 Å². The Kier molecular flexibility index (Phi) is 7.19. The molecule has 1 aliphatic rings. The number of carboxylic acid groups (broad SMARTS) is 1. The van der Waals surface area contributed by atoms with Crippen molar-refractivity contribution in [2.45, 2.75) is 62.9 Å². The summed E-state index contributed by atoms with van der Waals surface area (Å²) in [6.45, 7) is 6.14. The fraction of sp³-hybridized carbons (Fsp3) is 0.385. The van der Waals surface area contributed by atoms with Gasteiger partial charge in [0.1, 0.15) is 18.0 Å². The van der Waals surface area contributed by atoms with Gasteiger partial charge in [0, 0.05) is 18.3 Å². The first-order valence-electron chi connectivity index (χ1n) is 11.7. The molecule has 0 saturated carbocycles. The summed E-state index contributed by atoms with van der Waals surface area (Å²) < 4.78 is 35.6. The molecule has 10 heteroatoms. The zero-order valence-corrected chi connectivity index (χ0v) is 22.3. The van der Waals surface area contributed by atoms with Crippen molar-refractivity contribution < 1.29 is 23.1 Å². The Morgan fingerprint density at radius 1 is 1.22 bits per heavy atom. The lowest BCUT2D eigenvalue weighted by atomic mass is 9.87. The van der Waals surface area contributed by atoms with E-state index in [1.54, 1.807) is 12.3 Å². The number of benzene rings is 2. The van der Waals surface area contributed by atoms with Crippen LogP contribution in [-0.4, -0.2) is 40.6 Å². The second-order valence-corrected chi connectivity index (χ2v) is 12.4. The van der Waals surface area contributed by atoms with Crippen LogP contribution >= 0.6 is 11.6 Å². The molecule has 0 bridgehead atoms. The molecule has 0 aliphatic heterocycles. The molecule has 36 heavy (non-hydrogen) atoms. The van der Waals surface area contributed by atoms with Crippen molar-refractivity contribution in [3.63, 3.8) is 0 Å². The third-order valence-electron chi connectivity index (χ3n) is 6.48. The molecule has 1 aliphatic carbocycles. The van der Waals surface area contributed by atoms with Crippen LogP contribution in [0, 0.1) is 0 Å². The average Bonchev–Trinajstić information content (AvgIpc) is 3.22. The van der Waals surface area contributed by atoms with Crippen molar-refractivity contribution in [2.24, 2.45) is 0 Å². The Morgan fingerprint density at radius 2 is 1.92 bits per heavy atom. The normalized spacial score (nSPS) is 16.1. The number of halogens is 1. The van der Waals surface area contributed by atoms with Crippen LogP contribution in [0.5, 0.6) is 11.5 Å². The van der Waals surface area contributed by atoms with Gasteiger partial charge in [-0.25, -0.2) is 8.42 Å². The van der Waals surface area contributed by atoms with Crippen molar-refractivity contribution >= 4 is 27.6 Å². The maximum absolute atomic E-state index is 13.5. The van der Waals surface area contributed by atoms with Crippen LogP contribution in [0.15, 0.2) is 53.6 Å². The molecule has 0 spiro atoms. The number of ether oxygens (including phenoxy) is 1. The first-order valence-corrected chi connectivity index (χ1v) is 13.5. The molecule has 0 radical (unpaired) electrons. The Hall–Kier alpha value is -2.88. The third-order valence-corrected chi connectivity index (χ3v) is 8.64. The molecule has 0 saturated heterocycles. The van der Waals surface area contributed by atoms with Gasteiger partial charge in [-0.15, -0.1) is 0 Å². The molecule has 1 atom stereocenters. The average molecular weight is 532 g/mol. The molecular formula is C26H30ClN3O5S. The van der Waals surface area contributed by atoms with E-state index in [-0.39, 0.29) is 21.9 Å². The number of sulfonamides is 1. The van der Waals surface area contributed by atoms with Gasteiger partial charge in [0.15, 0.2) is 0 Å². The van der Waals surface area contributed by atoms with Crippen LogP contribution in [0.1, 0.15) is 56.5 Å². The Labute approximate surface area is 216 Å². The van der Waals surface area contributed by atoms with E-state index in [2.05, 4.69) is 25.9 Å². The molecule has 1 heterocycles. The van der Waals surface area contributed by atoms with Crippen molar-refractivity contribution in [2.75, 3.05) is 7.05 Å². The van der Waals surface area contributed by atoms with Gasteiger partial charge in [0.05, 0.1) is 22.2 Å². The van der Waals surface area contributed by atoms with E-state index in [1.165, 1.54) is 33.7 Å². The second kappa shape index (κ2) is 9.88. The van der Waals surface area contributed by atoms with Gasteiger partial charge in [-0.1, -0.05) is 44.5 Å². The molecule has 4 rings (SSSR count). The number of fused-ring (bicyclic) bond motifs is 1. The molecule has 0 fully saturated rings. The largest absolute Gasteiger partial charge is 0.480 e. The molecule has 2 aromatic carbocycles. The molecule has 192 valence electrons. The molecule has 8 nitrogen and oxygen atoms in total. The van der Waals surface area contributed by atoms with E-state index in [1.807, 2.05) is 24.3 Å². The summed E-state index contributed by atoms with van der Waals surface area (Å²) in [7, 11) is -2.36. The fourth-order valence-corrected chi connectivity index (χ4v) is 6.12. The Morgan fingerprint density at radius 3 is 2.53 bits per heavy atom. The predicted molar refractivity (Wildman–Crippen MR) is 137 cm³/mol. The first kappa shape index (κ1) is 26.2. The monoisotopic (exact) mass is 531 g/mol.